The van der Waals surface area contributed by atoms with E-state index in [2.05, 4.69) is 37.6 Å². The van der Waals surface area contributed by atoms with Crippen molar-refractivity contribution in [3.63, 3.8) is 0 Å². The smallest absolute Gasteiger partial charge is 0.433 e. The Morgan fingerprint density at radius 3 is 2.56 bits per heavy atom. The van der Waals surface area contributed by atoms with Crippen molar-refractivity contribution >= 4 is 56.5 Å². The maximum absolute atomic E-state index is 13.2. The molecule has 0 bridgehead atoms. The van der Waals surface area contributed by atoms with Crippen LogP contribution in [-0.4, -0.2) is 75.8 Å². The van der Waals surface area contributed by atoms with Crippen LogP contribution in [0.4, 0.5) is 29.3 Å². The van der Waals surface area contributed by atoms with Crippen molar-refractivity contribution in [1.29, 1.82) is 0 Å². The van der Waals surface area contributed by atoms with E-state index < -0.39 is 23.8 Å². The number of rotatable bonds is 8. The number of alkyl halides is 3. The number of halogens is 3. The number of imide groups is 1. The van der Waals surface area contributed by atoms with Crippen LogP contribution in [0, 0.1) is 5.92 Å². The molecule has 1 aliphatic carbocycles. The highest BCUT2D eigenvalue weighted by Crippen LogP contribution is 2.38. The van der Waals surface area contributed by atoms with Gasteiger partial charge in [-0.2, -0.15) is 18.3 Å². The van der Waals surface area contributed by atoms with Crippen molar-refractivity contribution in [1.82, 2.24) is 30.0 Å². The molecule has 284 valence electrons. The number of methoxy groups -OCH3 is 1. The van der Waals surface area contributed by atoms with Gasteiger partial charge in [0.05, 0.1) is 36.2 Å². The van der Waals surface area contributed by atoms with Crippen LogP contribution >= 0.6 is 0 Å². The van der Waals surface area contributed by atoms with Gasteiger partial charge in [-0.1, -0.05) is 30.3 Å². The number of carbonyl (C=O) groups excluding carboxylic acids is 3. The molecule has 2 N–H and O–H groups in total. The molecule has 0 unspecified atom stereocenters. The molecule has 2 fully saturated rings. The minimum atomic E-state index is -4.67. The van der Waals surface area contributed by atoms with Crippen molar-refractivity contribution in [2.45, 2.75) is 50.7 Å². The fraction of sp³-hybridized carbons (Fsp3) is 0.350. The van der Waals surface area contributed by atoms with Crippen LogP contribution in [-0.2, 0) is 11.0 Å². The fourth-order valence-electron chi connectivity index (χ4n) is 7.98. The van der Waals surface area contributed by atoms with Gasteiger partial charge in [0, 0.05) is 67.2 Å². The SMILES string of the molecule is COc1cc2nn(C3CCC(CN4CC=C(c5cccc6c(N7CCC(=O)NC7=O)cncc56)CC4)CC3)cc2cc1NC(=O)c1cccc(C(F)(F)F)n1. The van der Waals surface area contributed by atoms with E-state index in [1.54, 1.807) is 23.2 Å². The average Bonchev–Trinajstić information content (AvgIpc) is 3.60. The molecule has 0 atom stereocenters. The van der Waals surface area contributed by atoms with E-state index >= 15 is 0 Å². The summed E-state index contributed by atoms with van der Waals surface area (Å²) in [5, 5.41) is 12.6. The largest absolute Gasteiger partial charge is 0.494 e. The number of pyridine rings is 2. The number of hydrogen-bond acceptors (Lipinski definition) is 8. The third kappa shape index (κ3) is 7.48. The average molecular weight is 753 g/mol. The molecule has 4 amide bonds. The van der Waals surface area contributed by atoms with Gasteiger partial charge in [0.15, 0.2) is 0 Å². The third-order valence-corrected chi connectivity index (χ3v) is 10.8. The van der Waals surface area contributed by atoms with Gasteiger partial charge in [-0.15, -0.1) is 0 Å². The lowest BCUT2D eigenvalue weighted by molar-refractivity contribution is -0.141. The predicted octanol–water partition coefficient (Wildman–Crippen LogP) is 7.23. The number of ether oxygens (including phenoxy) is 1. The summed E-state index contributed by atoms with van der Waals surface area (Å²) >= 11 is 0. The lowest BCUT2D eigenvalue weighted by Gasteiger charge is -2.34. The molecule has 1 saturated heterocycles. The number of nitrogens with zero attached hydrogens (tertiary/aromatic N) is 6. The first-order valence-corrected chi connectivity index (χ1v) is 18.4. The molecule has 1 saturated carbocycles. The number of fused-ring (bicyclic) bond motifs is 2. The number of urea groups is 1. The van der Waals surface area contributed by atoms with Gasteiger partial charge in [0.25, 0.3) is 5.91 Å². The first kappa shape index (κ1) is 36.2. The molecule has 3 aromatic heterocycles. The summed E-state index contributed by atoms with van der Waals surface area (Å²) in [7, 11) is 1.46. The maximum atomic E-state index is 13.2. The summed E-state index contributed by atoms with van der Waals surface area (Å²) in [6.45, 7) is 3.13. The first-order valence-electron chi connectivity index (χ1n) is 18.4. The van der Waals surface area contributed by atoms with Gasteiger partial charge in [0.2, 0.25) is 5.91 Å². The summed E-state index contributed by atoms with van der Waals surface area (Å²) < 4.78 is 47.0. The Kier molecular flexibility index (Phi) is 9.71. The van der Waals surface area contributed by atoms with Crippen molar-refractivity contribution in [2.24, 2.45) is 5.92 Å². The van der Waals surface area contributed by atoms with Crippen molar-refractivity contribution in [2.75, 3.05) is 43.5 Å². The van der Waals surface area contributed by atoms with Gasteiger partial charge >= 0.3 is 12.2 Å². The standard InChI is InChI=1S/C40H39F3N8O4/c1-55-35-19-32-26(18-33(35)46-38(53)31-6-3-7-36(45-31)40(41,42)43)23-51(48-32)27-10-8-24(9-11-27)22-49-15-12-25(13-16-49)28-4-2-5-29-30(28)20-44-21-34(29)50-17-14-37(52)47-39(50)54/h2-7,12,18-21,23-24,27H,8-11,13-17,22H2,1H3,(H,46,53)(H,47,52,54). The molecule has 2 aliphatic heterocycles. The van der Waals surface area contributed by atoms with Crippen LogP contribution in [0.3, 0.4) is 0 Å². The Balaban J connectivity index is 0.888. The van der Waals surface area contributed by atoms with Crippen molar-refractivity contribution in [3.8, 4) is 5.75 Å². The topological polar surface area (TPSA) is 135 Å². The molecular weight excluding hydrogens is 713 g/mol. The highest BCUT2D eigenvalue weighted by atomic mass is 19.4. The summed E-state index contributed by atoms with van der Waals surface area (Å²) in [5.41, 5.74) is 2.59. The molecule has 8 rings (SSSR count). The zero-order valence-corrected chi connectivity index (χ0v) is 30.1. The Bertz CT molecular complexity index is 2330. The van der Waals surface area contributed by atoms with Crippen LogP contribution in [0.15, 0.2) is 73.2 Å². The number of hydrogen-bond donors (Lipinski definition) is 2. The van der Waals surface area contributed by atoms with E-state index in [4.69, 9.17) is 9.84 Å². The zero-order valence-electron chi connectivity index (χ0n) is 30.1. The molecule has 5 heterocycles. The highest BCUT2D eigenvalue weighted by molar-refractivity contribution is 6.11. The number of anilines is 2. The Hall–Kier alpha value is -5.83. The summed E-state index contributed by atoms with van der Waals surface area (Å²) in [6, 6.07) is 12.6. The van der Waals surface area contributed by atoms with Crippen LogP contribution in [0.1, 0.15) is 66.3 Å². The van der Waals surface area contributed by atoms with E-state index in [-0.39, 0.29) is 24.1 Å². The minimum absolute atomic E-state index is 0.219. The fourth-order valence-corrected chi connectivity index (χ4v) is 7.98. The zero-order chi connectivity index (χ0) is 38.3. The monoisotopic (exact) mass is 752 g/mol. The molecule has 0 radical (unpaired) electrons. The Labute approximate surface area is 314 Å². The Morgan fingerprint density at radius 1 is 1.00 bits per heavy atom. The normalized spacial score (nSPS) is 19.7. The van der Waals surface area contributed by atoms with Gasteiger partial charge in [-0.3, -0.25) is 34.4 Å². The number of amides is 4. The first-order chi connectivity index (χ1) is 26.5. The highest BCUT2D eigenvalue weighted by Gasteiger charge is 2.33. The third-order valence-electron chi connectivity index (χ3n) is 10.8. The van der Waals surface area contributed by atoms with Crippen molar-refractivity contribution < 1.29 is 32.3 Å². The van der Waals surface area contributed by atoms with Crippen LogP contribution < -0.4 is 20.3 Å². The van der Waals surface area contributed by atoms with Crippen LogP contribution in [0.5, 0.6) is 5.75 Å². The Morgan fingerprint density at radius 2 is 1.82 bits per heavy atom. The van der Waals surface area contributed by atoms with Gasteiger partial charge in [-0.25, -0.2) is 9.78 Å². The van der Waals surface area contributed by atoms with Crippen molar-refractivity contribution in [3.05, 3.63) is 90.1 Å². The lowest BCUT2D eigenvalue weighted by Crippen LogP contribution is -2.49. The number of aromatic nitrogens is 4. The second kappa shape index (κ2) is 14.8. The number of carbonyl (C=O) groups is 3. The second-order valence-corrected chi connectivity index (χ2v) is 14.3. The van der Waals surface area contributed by atoms with E-state index in [0.717, 1.165) is 85.6 Å². The number of benzene rings is 2. The molecule has 12 nitrogen and oxygen atoms in total. The van der Waals surface area contributed by atoms with Gasteiger partial charge in [-0.05, 0) is 67.4 Å². The molecule has 3 aliphatic rings. The van der Waals surface area contributed by atoms with Crippen LogP contribution in [0.25, 0.3) is 27.2 Å². The summed E-state index contributed by atoms with van der Waals surface area (Å²) in [5.74, 6) is -0.141. The molecule has 2 aromatic carbocycles. The maximum Gasteiger partial charge on any atom is 0.433 e. The molecule has 5 aromatic rings. The number of nitrogens with one attached hydrogen (secondary N) is 2. The quantitative estimate of drug-likeness (QED) is 0.170. The predicted molar refractivity (Wildman–Crippen MR) is 201 cm³/mol. The van der Waals surface area contributed by atoms with E-state index in [9.17, 15) is 27.6 Å². The van der Waals surface area contributed by atoms with Gasteiger partial charge < -0.3 is 10.1 Å². The van der Waals surface area contributed by atoms with E-state index in [0.29, 0.717) is 35.1 Å². The lowest BCUT2D eigenvalue weighted by atomic mass is 9.85. The summed E-state index contributed by atoms with van der Waals surface area (Å²) in [6.07, 6.45) is 8.36. The summed E-state index contributed by atoms with van der Waals surface area (Å²) in [4.78, 5) is 49.3. The second-order valence-electron chi connectivity index (χ2n) is 14.3. The minimum Gasteiger partial charge on any atom is -0.494 e. The molecule has 0 spiro atoms. The molecular formula is C40H39F3N8O4. The van der Waals surface area contributed by atoms with Gasteiger partial charge in [0.1, 0.15) is 17.1 Å². The van der Waals surface area contributed by atoms with Crippen LogP contribution in [0.2, 0.25) is 0 Å². The molecule has 15 heteroatoms. The van der Waals surface area contributed by atoms with E-state index in [1.807, 2.05) is 29.2 Å². The van der Waals surface area contributed by atoms with E-state index in [1.165, 1.54) is 18.7 Å². The molecule has 55 heavy (non-hydrogen) atoms.